The number of anilines is 2. The zero-order valence-electron chi connectivity index (χ0n) is 15.6. The summed E-state index contributed by atoms with van der Waals surface area (Å²) < 4.78 is 5.07. The van der Waals surface area contributed by atoms with Gasteiger partial charge >= 0.3 is 0 Å². The predicted molar refractivity (Wildman–Crippen MR) is 104 cm³/mol. The van der Waals surface area contributed by atoms with Crippen LogP contribution in [0.5, 0.6) is 5.75 Å². The molecule has 3 amide bonds. The van der Waals surface area contributed by atoms with Crippen molar-refractivity contribution in [1.29, 1.82) is 0 Å². The van der Waals surface area contributed by atoms with E-state index in [9.17, 15) is 14.4 Å². The Morgan fingerprint density at radius 1 is 1.04 bits per heavy atom. The van der Waals surface area contributed by atoms with Gasteiger partial charge in [-0.15, -0.1) is 0 Å². The number of nitrogens with one attached hydrogen (secondary N) is 2. The van der Waals surface area contributed by atoms with E-state index in [4.69, 9.17) is 4.74 Å². The number of amides is 3. The lowest BCUT2D eigenvalue weighted by molar-refractivity contribution is -0.116. The molecule has 0 atom stereocenters. The van der Waals surface area contributed by atoms with Crippen LogP contribution in [-0.2, 0) is 9.59 Å². The molecular weight excluding hydrogens is 346 g/mol. The van der Waals surface area contributed by atoms with Gasteiger partial charge in [0.15, 0.2) is 0 Å². The van der Waals surface area contributed by atoms with Crippen LogP contribution in [0.3, 0.4) is 0 Å². The molecule has 0 aromatic heterocycles. The molecule has 7 heteroatoms. The van der Waals surface area contributed by atoms with E-state index in [-0.39, 0.29) is 24.3 Å². The number of rotatable bonds is 7. The van der Waals surface area contributed by atoms with Crippen LogP contribution in [0, 0.1) is 0 Å². The molecule has 0 heterocycles. The molecule has 0 bridgehead atoms. The summed E-state index contributed by atoms with van der Waals surface area (Å²) in [5.74, 6) is 0.100. The highest BCUT2D eigenvalue weighted by atomic mass is 16.5. The highest BCUT2D eigenvalue weighted by Crippen LogP contribution is 2.19. The molecule has 2 N–H and O–H groups in total. The maximum atomic E-state index is 12.2. The maximum Gasteiger partial charge on any atom is 0.251 e. The molecule has 0 aliphatic heterocycles. The highest BCUT2D eigenvalue weighted by Gasteiger charge is 2.13. The summed E-state index contributed by atoms with van der Waals surface area (Å²) in [4.78, 5) is 37.0. The molecule has 0 radical (unpaired) electrons. The molecule has 0 aliphatic carbocycles. The Kier molecular flexibility index (Phi) is 6.93. The van der Waals surface area contributed by atoms with Crippen molar-refractivity contribution in [2.75, 3.05) is 30.4 Å². The Labute approximate surface area is 158 Å². The molecule has 2 aromatic carbocycles. The molecule has 0 fully saturated rings. The lowest BCUT2D eigenvalue weighted by Gasteiger charge is -2.22. The lowest BCUT2D eigenvalue weighted by Crippen LogP contribution is -2.37. The summed E-state index contributed by atoms with van der Waals surface area (Å²) >= 11 is 0. The Hall–Kier alpha value is -3.35. The summed E-state index contributed by atoms with van der Waals surface area (Å²) in [6, 6.07) is 13.8. The second kappa shape index (κ2) is 9.38. The maximum absolute atomic E-state index is 12.2. The number of carbonyl (C=O) groups excluding carboxylic acids is 3. The standard InChI is InChI=1S/C20H23N3O4/c1-14(24)22-17-5-4-6-18(13-17)23(15(2)25)12-11-21-20(26)16-7-9-19(27-3)10-8-16/h4-10,13H,11-12H2,1-3H3,(H,21,26)(H,22,24). The van der Waals surface area contributed by atoms with E-state index >= 15 is 0 Å². The zero-order valence-corrected chi connectivity index (χ0v) is 15.6. The van der Waals surface area contributed by atoms with Crippen LogP contribution in [0.1, 0.15) is 24.2 Å². The fourth-order valence-electron chi connectivity index (χ4n) is 2.55. The van der Waals surface area contributed by atoms with Gasteiger partial charge in [0.2, 0.25) is 11.8 Å². The van der Waals surface area contributed by atoms with Crippen LogP contribution in [0.25, 0.3) is 0 Å². The summed E-state index contributed by atoms with van der Waals surface area (Å²) in [7, 11) is 1.56. The van der Waals surface area contributed by atoms with Gasteiger partial charge in [-0.25, -0.2) is 0 Å². The molecular formula is C20H23N3O4. The highest BCUT2D eigenvalue weighted by molar-refractivity contribution is 5.95. The van der Waals surface area contributed by atoms with Gasteiger partial charge in [0.1, 0.15) is 5.75 Å². The van der Waals surface area contributed by atoms with E-state index in [1.807, 2.05) is 0 Å². The van der Waals surface area contributed by atoms with Gasteiger partial charge in [0, 0.05) is 43.9 Å². The van der Waals surface area contributed by atoms with E-state index in [2.05, 4.69) is 10.6 Å². The molecule has 7 nitrogen and oxygen atoms in total. The molecule has 0 saturated heterocycles. The number of nitrogens with zero attached hydrogens (tertiary/aromatic N) is 1. The van der Waals surface area contributed by atoms with Gasteiger partial charge in [0.25, 0.3) is 5.91 Å². The van der Waals surface area contributed by atoms with Gasteiger partial charge in [-0.1, -0.05) is 6.07 Å². The summed E-state index contributed by atoms with van der Waals surface area (Å²) in [5.41, 5.74) is 1.76. The third-order valence-corrected chi connectivity index (χ3v) is 3.83. The predicted octanol–water partition coefficient (Wildman–Crippen LogP) is 2.44. The number of hydrogen-bond donors (Lipinski definition) is 2. The van der Waals surface area contributed by atoms with Crippen molar-refractivity contribution in [1.82, 2.24) is 5.32 Å². The Morgan fingerprint density at radius 2 is 1.74 bits per heavy atom. The molecule has 0 unspecified atom stereocenters. The second-order valence-corrected chi connectivity index (χ2v) is 5.89. The molecule has 0 saturated carbocycles. The van der Waals surface area contributed by atoms with Crippen LogP contribution < -0.4 is 20.3 Å². The van der Waals surface area contributed by atoms with Gasteiger partial charge in [-0.2, -0.15) is 0 Å². The minimum Gasteiger partial charge on any atom is -0.497 e. The van der Waals surface area contributed by atoms with Crippen molar-refractivity contribution in [3.63, 3.8) is 0 Å². The number of benzene rings is 2. The van der Waals surface area contributed by atoms with Gasteiger partial charge < -0.3 is 20.3 Å². The third kappa shape index (κ3) is 5.85. The van der Waals surface area contributed by atoms with Crippen LogP contribution in [0.2, 0.25) is 0 Å². The van der Waals surface area contributed by atoms with Crippen LogP contribution in [-0.4, -0.2) is 37.9 Å². The Morgan fingerprint density at radius 3 is 2.33 bits per heavy atom. The average Bonchev–Trinajstić information content (AvgIpc) is 2.64. The second-order valence-electron chi connectivity index (χ2n) is 5.89. The minimum atomic E-state index is -0.229. The molecule has 2 aromatic rings. The van der Waals surface area contributed by atoms with Gasteiger partial charge in [0.05, 0.1) is 7.11 Å². The monoisotopic (exact) mass is 369 g/mol. The smallest absolute Gasteiger partial charge is 0.251 e. The first kappa shape index (κ1) is 20.0. The Bertz CT molecular complexity index is 818. The molecule has 0 spiro atoms. The first-order valence-electron chi connectivity index (χ1n) is 8.48. The Balaban J connectivity index is 1.99. The zero-order chi connectivity index (χ0) is 19.8. The first-order chi connectivity index (χ1) is 12.9. The SMILES string of the molecule is COc1ccc(C(=O)NCCN(C(C)=O)c2cccc(NC(C)=O)c2)cc1. The van der Waals surface area contributed by atoms with Crippen molar-refractivity contribution in [3.8, 4) is 5.75 Å². The van der Waals surface area contributed by atoms with Gasteiger partial charge in [-0.05, 0) is 42.5 Å². The normalized spacial score (nSPS) is 10.0. The summed E-state index contributed by atoms with van der Waals surface area (Å²) in [6.07, 6.45) is 0. The van der Waals surface area contributed by atoms with E-state index in [1.165, 1.54) is 13.8 Å². The average molecular weight is 369 g/mol. The quantitative estimate of drug-likeness (QED) is 0.785. The number of ether oxygens (including phenoxy) is 1. The largest absolute Gasteiger partial charge is 0.497 e. The van der Waals surface area contributed by atoms with Crippen LogP contribution >= 0.6 is 0 Å². The number of methoxy groups -OCH3 is 1. The first-order valence-corrected chi connectivity index (χ1v) is 8.48. The lowest BCUT2D eigenvalue weighted by atomic mass is 10.2. The van der Waals surface area contributed by atoms with Gasteiger partial charge in [-0.3, -0.25) is 14.4 Å². The van der Waals surface area contributed by atoms with Crippen molar-refractivity contribution >= 4 is 29.1 Å². The summed E-state index contributed by atoms with van der Waals surface area (Å²) in [5, 5.41) is 5.48. The van der Waals surface area contributed by atoms with E-state index in [0.29, 0.717) is 29.2 Å². The van der Waals surface area contributed by atoms with E-state index < -0.39 is 0 Å². The molecule has 142 valence electrons. The molecule has 2 rings (SSSR count). The number of carbonyl (C=O) groups is 3. The van der Waals surface area contributed by atoms with Crippen molar-refractivity contribution in [3.05, 3.63) is 54.1 Å². The van der Waals surface area contributed by atoms with Crippen molar-refractivity contribution < 1.29 is 19.1 Å². The van der Waals surface area contributed by atoms with Crippen molar-refractivity contribution in [2.24, 2.45) is 0 Å². The topological polar surface area (TPSA) is 87.7 Å². The van der Waals surface area contributed by atoms with E-state index in [1.54, 1.807) is 60.5 Å². The fourth-order valence-corrected chi connectivity index (χ4v) is 2.55. The third-order valence-electron chi connectivity index (χ3n) is 3.83. The minimum absolute atomic E-state index is 0.159. The molecule has 0 aliphatic rings. The fraction of sp³-hybridized carbons (Fsp3) is 0.250. The molecule has 27 heavy (non-hydrogen) atoms. The van der Waals surface area contributed by atoms with Crippen molar-refractivity contribution in [2.45, 2.75) is 13.8 Å². The number of hydrogen-bond acceptors (Lipinski definition) is 4. The van der Waals surface area contributed by atoms with E-state index in [0.717, 1.165) is 0 Å². The van der Waals surface area contributed by atoms with Crippen LogP contribution in [0.4, 0.5) is 11.4 Å². The summed E-state index contributed by atoms with van der Waals surface area (Å²) in [6.45, 7) is 3.47. The van der Waals surface area contributed by atoms with Crippen LogP contribution in [0.15, 0.2) is 48.5 Å².